The molecule has 0 unspecified atom stereocenters. The Labute approximate surface area is 110 Å². The zero-order valence-electron chi connectivity index (χ0n) is 9.05. The number of fused-ring (bicyclic) bond motifs is 1. The van der Waals surface area contributed by atoms with Gasteiger partial charge in [-0.1, -0.05) is 29.8 Å². The molecule has 0 atom stereocenters. The monoisotopic (exact) mass is 295 g/mol. The smallest absolute Gasteiger partial charge is 0.292 e. The van der Waals surface area contributed by atoms with Gasteiger partial charge in [-0.05, 0) is 6.07 Å². The van der Waals surface area contributed by atoms with Crippen molar-refractivity contribution in [1.29, 1.82) is 0 Å². The summed E-state index contributed by atoms with van der Waals surface area (Å²) in [6, 6.07) is 7.52. The third kappa shape index (κ3) is 3.35. The van der Waals surface area contributed by atoms with Crippen molar-refractivity contribution in [3.05, 3.63) is 34.2 Å². The Morgan fingerprint density at radius 3 is 2.67 bits per heavy atom. The summed E-state index contributed by atoms with van der Waals surface area (Å²) in [5.41, 5.74) is 2.27. The minimum atomic E-state index is -4.34. The molecule has 1 N–H and O–H groups in total. The van der Waals surface area contributed by atoms with E-state index in [1.807, 2.05) is 24.3 Å². The molecule has 2 aromatic rings. The van der Waals surface area contributed by atoms with Gasteiger partial charge in [0.1, 0.15) is 0 Å². The minimum absolute atomic E-state index is 0.147. The summed E-state index contributed by atoms with van der Waals surface area (Å²) in [5.74, 6) is 0. The first kappa shape index (κ1) is 13.6. The summed E-state index contributed by atoms with van der Waals surface area (Å²) < 4.78 is 36.5. The van der Waals surface area contributed by atoms with Crippen LogP contribution in [0.5, 0.6) is 0 Å². The number of nitrogens with one attached hydrogen (secondary N) is 1. The molecular weight excluding hydrogens is 287 g/mol. The molecule has 0 fully saturated rings. The Bertz CT molecular complexity index is 541. The molecule has 2 rings (SSSR count). The molecule has 0 aliphatic carbocycles. The highest BCUT2D eigenvalue weighted by Gasteiger charge is 2.27. The number of halogens is 4. The van der Waals surface area contributed by atoms with Crippen LogP contribution < -0.4 is 5.48 Å². The van der Waals surface area contributed by atoms with Gasteiger partial charge in [-0.25, -0.2) is 0 Å². The van der Waals surface area contributed by atoms with E-state index in [4.69, 9.17) is 11.6 Å². The first-order chi connectivity index (χ1) is 8.47. The van der Waals surface area contributed by atoms with Crippen LogP contribution in [-0.2, 0) is 11.4 Å². The van der Waals surface area contributed by atoms with Gasteiger partial charge in [-0.2, -0.15) is 18.7 Å². The SMILES string of the molecule is FC(F)(F)CONCc1sc2ccccc2c1Cl. The summed E-state index contributed by atoms with van der Waals surface area (Å²) in [6.45, 7) is -1.18. The van der Waals surface area contributed by atoms with Crippen molar-refractivity contribution in [3.8, 4) is 0 Å². The number of thiophene rings is 1. The third-order valence-corrected chi connectivity index (χ3v) is 3.89. The van der Waals surface area contributed by atoms with E-state index < -0.39 is 12.8 Å². The molecule has 2 nitrogen and oxygen atoms in total. The van der Waals surface area contributed by atoms with Gasteiger partial charge in [-0.15, -0.1) is 11.3 Å². The number of hydroxylamine groups is 1. The van der Waals surface area contributed by atoms with E-state index >= 15 is 0 Å². The molecule has 1 heterocycles. The van der Waals surface area contributed by atoms with Crippen LogP contribution in [0.3, 0.4) is 0 Å². The Hall–Kier alpha value is -0.820. The summed E-state index contributed by atoms with van der Waals surface area (Å²) in [6.07, 6.45) is -4.34. The van der Waals surface area contributed by atoms with Gasteiger partial charge in [0.05, 0.1) is 11.6 Å². The predicted molar refractivity (Wildman–Crippen MR) is 65.7 cm³/mol. The molecular formula is C11H9ClF3NOS. The van der Waals surface area contributed by atoms with Crippen LogP contribution in [0.2, 0.25) is 5.02 Å². The van der Waals surface area contributed by atoms with E-state index in [1.54, 1.807) is 0 Å². The zero-order valence-corrected chi connectivity index (χ0v) is 10.6. The first-order valence-corrected chi connectivity index (χ1v) is 6.24. The summed E-state index contributed by atoms with van der Waals surface area (Å²) in [7, 11) is 0. The lowest BCUT2D eigenvalue weighted by Crippen LogP contribution is -2.24. The lowest BCUT2D eigenvalue weighted by molar-refractivity contribution is -0.190. The van der Waals surface area contributed by atoms with E-state index in [-0.39, 0.29) is 6.54 Å². The average Bonchev–Trinajstić information content (AvgIpc) is 2.62. The summed E-state index contributed by atoms with van der Waals surface area (Å²) >= 11 is 7.54. The van der Waals surface area contributed by atoms with Crippen molar-refractivity contribution >= 4 is 33.0 Å². The van der Waals surface area contributed by atoms with Gasteiger partial charge in [0, 0.05) is 15.0 Å². The quantitative estimate of drug-likeness (QED) is 0.676. The maximum Gasteiger partial charge on any atom is 0.413 e. The molecule has 0 bridgehead atoms. The second-order valence-corrected chi connectivity index (χ2v) is 5.08. The zero-order chi connectivity index (χ0) is 13.2. The molecule has 0 saturated heterocycles. The molecule has 7 heteroatoms. The average molecular weight is 296 g/mol. The fraction of sp³-hybridized carbons (Fsp3) is 0.273. The molecule has 0 spiro atoms. The van der Waals surface area contributed by atoms with Crippen LogP contribution in [0, 0.1) is 0 Å². The number of hydrogen-bond acceptors (Lipinski definition) is 3. The van der Waals surface area contributed by atoms with Gasteiger partial charge in [0.15, 0.2) is 6.61 Å². The van der Waals surface area contributed by atoms with Crippen LogP contribution >= 0.6 is 22.9 Å². The number of alkyl halides is 3. The van der Waals surface area contributed by atoms with E-state index in [0.717, 1.165) is 15.0 Å². The van der Waals surface area contributed by atoms with Crippen LogP contribution in [-0.4, -0.2) is 12.8 Å². The van der Waals surface area contributed by atoms with Crippen molar-refractivity contribution in [2.24, 2.45) is 0 Å². The van der Waals surface area contributed by atoms with Crippen molar-refractivity contribution in [3.63, 3.8) is 0 Å². The molecule has 0 radical (unpaired) electrons. The maximum atomic E-state index is 11.8. The molecule has 0 amide bonds. The van der Waals surface area contributed by atoms with Gasteiger partial charge in [0.25, 0.3) is 0 Å². The van der Waals surface area contributed by atoms with Crippen LogP contribution in [0.4, 0.5) is 13.2 Å². The van der Waals surface area contributed by atoms with E-state index in [9.17, 15) is 13.2 Å². The summed E-state index contributed by atoms with van der Waals surface area (Å²) in [5, 5.41) is 1.45. The second kappa shape index (κ2) is 5.44. The van der Waals surface area contributed by atoms with Gasteiger partial charge < -0.3 is 0 Å². The Morgan fingerprint density at radius 2 is 2.00 bits per heavy atom. The highest BCUT2D eigenvalue weighted by molar-refractivity contribution is 7.19. The number of rotatable bonds is 4. The Balaban J connectivity index is 1.98. The molecule has 1 aromatic carbocycles. The van der Waals surface area contributed by atoms with Crippen molar-refractivity contribution in [2.45, 2.75) is 12.7 Å². The minimum Gasteiger partial charge on any atom is -0.292 e. The molecule has 98 valence electrons. The van der Waals surface area contributed by atoms with E-state index in [1.165, 1.54) is 11.3 Å². The standard InChI is InChI=1S/C11H9ClF3NOS/c12-10-7-3-1-2-4-8(7)18-9(10)5-16-17-6-11(13,14)15/h1-4,16H,5-6H2. The van der Waals surface area contributed by atoms with Crippen LogP contribution in [0.1, 0.15) is 4.88 Å². The highest BCUT2D eigenvalue weighted by atomic mass is 35.5. The van der Waals surface area contributed by atoms with Gasteiger partial charge >= 0.3 is 6.18 Å². The third-order valence-electron chi connectivity index (χ3n) is 2.17. The highest BCUT2D eigenvalue weighted by Crippen LogP contribution is 2.34. The van der Waals surface area contributed by atoms with Gasteiger partial charge in [0.2, 0.25) is 0 Å². The lowest BCUT2D eigenvalue weighted by atomic mass is 10.2. The number of hydrogen-bond donors (Lipinski definition) is 1. The van der Waals surface area contributed by atoms with E-state index in [0.29, 0.717) is 5.02 Å². The van der Waals surface area contributed by atoms with Crippen LogP contribution in [0.15, 0.2) is 24.3 Å². The molecule has 0 aliphatic rings. The van der Waals surface area contributed by atoms with Crippen molar-refractivity contribution in [2.75, 3.05) is 6.61 Å². The van der Waals surface area contributed by atoms with E-state index in [2.05, 4.69) is 10.3 Å². The maximum absolute atomic E-state index is 11.8. The lowest BCUT2D eigenvalue weighted by Gasteiger charge is -2.07. The first-order valence-electron chi connectivity index (χ1n) is 5.04. The fourth-order valence-corrected chi connectivity index (χ4v) is 2.85. The molecule has 0 aliphatic heterocycles. The Kier molecular flexibility index (Phi) is 4.11. The summed E-state index contributed by atoms with van der Waals surface area (Å²) in [4.78, 5) is 5.08. The fourth-order valence-electron chi connectivity index (χ4n) is 1.43. The number of benzene rings is 1. The van der Waals surface area contributed by atoms with Crippen LogP contribution in [0.25, 0.3) is 10.1 Å². The van der Waals surface area contributed by atoms with Gasteiger partial charge in [-0.3, -0.25) is 4.84 Å². The molecule has 18 heavy (non-hydrogen) atoms. The molecule has 0 saturated carbocycles. The normalized spacial score (nSPS) is 12.2. The predicted octanol–water partition coefficient (Wildman–Crippen LogP) is 4.14. The van der Waals surface area contributed by atoms with Crippen molar-refractivity contribution in [1.82, 2.24) is 5.48 Å². The topological polar surface area (TPSA) is 21.3 Å². The van der Waals surface area contributed by atoms with Crippen molar-refractivity contribution < 1.29 is 18.0 Å². The Morgan fingerprint density at radius 1 is 1.28 bits per heavy atom. The molecule has 1 aromatic heterocycles. The second-order valence-electron chi connectivity index (χ2n) is 3.56. The largest absolute Gasteiger partial charge is 0.413 e.